The normalized spacial score (nSPS) is 21.1. The molecule has 0 spiro atoms. The summed E-state index contributed by atoms with van der Waals surface area (Å²) in [7, 11) is 0. The smallest absolute Gasteiger partial charge is 0.324 e. The summed E-state index contributed by atoms with van der Waals surface area (Å²) in [5.74, 6) is 3.81. The number of rotatable bonds is 8. The lowest BCUT2D eigenvalue weighted by Crippen LogP contribution is -2.36. The van der Waals surface area contributed by atoms with Crippen molar-refractivity contribution in [2.24, 2.45) is 17.6 Å². The van der Waals surface area contributed by atoms with Crippen molar-refractivity contribution in [3.05, 3.63) is 18.2 Å². The van der Waals surface area contributed by atoms with Gasteiger partial charge in [0, 0.05) is 38.1 Å². The first-order valence-corrected chi connectivity index (χ1v) is 11.5. The number of nitrogens with two attached hydrogens (primary N) is 1. The molecule has 0 amide bonds. The van der Waals surface area contributed by atoms with Crippen molar-refractivity contribution in [3.63, 3.8) is 0 Å². The van der Waals surface area contributed by atoms with Gasteiger partial charge in [0.1, 0.15) is 5.82 Å². The molecule has 4 rings (SSSR count). The number of ether oxygens (including phenoxy) is 1. The van der Waals surface area contributed by atoms with E-state index < -0.39 is 0 Å². The average Bonchev–Trinajstić information content (AvgIpc) is 3.44. The molecule has 2 saturated heterocycles. The van der Waals surface area contributed by atoms with Gasteiger partial charge in [-0.25, -0.2) is 9.97 Å². The van der Waals surface area contributed by atoms with Crippen molar-refractivity contribution in [3.8, 4) is 5.88 Å². The first-order chi connectivity index (χ1) is 15.0. The Bertz CT molecular complexity index is 818. The lowest BCUT2D eigenvalue weighted by molar-refractivity contribution is 0.216. The van der Waals surface area contributed by atoms with E-state index in [0.717, 1.165) is 63.5 Å². The number of aromatic nitrogens is 4. The monoisotopic (exact) mass is 429 g/mol. The van der Waals surface area contributed by atoms with Gasteiger partial charge in [-0.05, 0) is 37.5 Å². The third-order valence-electron chi connectivity index (χ3n) is 6.55. The molecular weight excluding hydrogens is 394 g/mol. The van der Waals surface area contributed by atoms with Crippen LogP contribution in [0.1, 0.15) is 58.2 Å². The van der Waals surface area contributed by atoms with Gasteiger partial charge in [-0.1, -0.05) is 25.9 Å². The molecule has 0 unspecified atom stereocenters. The predicted octanol–water partition coefficient (Wildman–Crippen LogP) is 2.84. The van der Waals surface area contributed by atoms with Crippen LogP contribution in [0.4, 0.5) is 11.8 Å². The zero-order chi connectivity index (χ0) is 21.8. The maximum Gasteiger partial charge on any atom is 0.324 e. The van der Waals surface area contributed by atoms with Crippen LogP contribution in [-0.4, -0.2) is 58.9 Å². The second-order valence-electron chi connectivity index (χ2n) is 9.24. The molecule has 9 heteroatoms. The zero-order valence-electron chi connectivity index (χ0n) is 18.9. The van der Waals surface area contributed by atoms with Crippen molar-refractivity contribution in [2.45, 2.75) is 58.4 Å². The minimum atomic E-state index is 0.232. The summed E-state index contributed by atoms with van der Waals surface area (Å²) in [5.41, 5.74) is 5.97. The SMILES string of the molecule is CC(C)c1noc(N2CCC([C@H](C)CCOc3cnc(N4CC[C@@H](N)C4)cn3)CC2)n1. The quantitative estimate of drug-likeness (QED) is 0.678. The summed E-state index contributed by atoms with van der Waals surface area (Å²) in [6.45, 7) is 10.8. The predicted molar refractivity (Wildman–Crippen MR) is 119 cm³/mol. The maximum atomic E-state index is 5.97. The topological polar surface area (TPSA) is 106 Å². The van der Waals surface area contributed by atoms with Gasteiger partial charge in [0.2, 0.25) is 5.88 Å². The maximum absolute atomic E-state index is 5.97. The molecule has 0 aromatic carbocycles. The molecule has 2 fully saturated rings. The molecule has 2 aliphatic rings. The number of anilines is 2. The fourth-order valence-electron chi connectivity index (χ4n) is 4.38. The van der Waals surface area contributed by atoms with E-state index in [-0.39, 0.29) is 12.0 Å². The Balaban J connectivity index is 1.18. The summed E-state index contributed by atoms with van der Waals surface area (Å²) in [5, 5.41) is 4.08. The lowest BCUT2D eigenvalue weighted by Gasteiger charge is -2.33. The molecule has 0 aliphatic carbocycles. The van der Waals surface area contributed by atoms with E-state index in [1.165, 1.54) is 0 Å². The van der Waals surface area contributed by atoms with E-state index in [2.05, 4.69) is 50.7 Å². The highest BCUT2D eigenvalue weighted by atomic mass is 16.5. The fourth-order valence-corrected chi connectivity index (χ4v) is 4.38. The Morgan fingerprint density at radius 2 is 1.87 bits per heavy atom. The molecule has 0 bridgehead atoms. The van der Waals surface area contributed by atoms with Crippen molar-refractivity contribution in [1.82, 2.24) is 20.1 Å². The molecule has 2 aliphatic heterocycles. The Hall–Kier alpha value is -2.42. The molecule has 0 saturated carbocycles. The van der Waals surface area contributed by atoms with Crippen molar-refractivity contribution >= 4 is 11.8 Å². The molecular formula is C22H35N7O2. The molecule has 2 atom stereocenters. The van der Waals surface area contributed by atoms with E-state index in [1.807, 2.05) is 0 Å². The highest BCUT2D eigenvalue weighted by Gasteiger charge is 2.27. The van der Waals surface area contributed by atoms with Crippen LogP contribution in [-0.2, 0) is 0 Å². The highest BCUT2D eigenvalue weighted by molar-refractivity contribution is 5.38. The molecule has 4 heterocycles. The Labute approximate surface area is 184 Å². The third-order valence-corrected chi connectivity index (χ3v) is 6.55. The molecule has 0 radical (unpaired) electrons. The largest absolute Gasteiger partial charge is 0.477 e. The van der Waals surface area contributed by atoms with Gasteiger partial charge in [0.25, 0.3) is 0 Å². The first-order valence-electron chi connectivity index (χ1n) is 11.5. The Kier molecular flexibility index (Phi) is 6.89. The molecule has 2 aromatic heterocycles. The summed E-state index contributed by atoms with van der Waals surface area (Å²) in [6, 6.07) is 0.895. The van der Waals surface area contributed by atoms with Crippen LogP contribution in [0, 0.1) is 11.8 Å². The van der Waals surface area contributed by atoms with Crippen LogP contribution in [0.25, 0.3) is 0 Å². The summed E-state index contributed by atoms with van der Waals surface area (Å²) in [6.07, 6.45) is 7.78. The summed E-state index contributed by atoms with van der Waals surface area (Å²) < 4.78 is 11.3. The zero-order valence-corrected chi connectivity index (χ0v) is 18.9. The van der Waals surface area contributed by atoms with Crippen molar-refractivity contribution < 1.29 is 9.26 Å². The molecule has 9 nitrogen and oxygen atoms in total. The van der Waals surface area contributed by atoms with E-state index >= 15 is 0 Å². The van der Waals surface area contributed by atoms with Gasteiger partial charge < -0.3 is 24.8 Å². The van der Waals surface area contributed by atoms with Gasteiger partial charge in [-0.15, -0.1) is 0 Å². The number of nitrogens with zero attached hydrogens (tertiary/aromatic N) is 6. The van der Waals surface area contributed by atoms with Crippen LogP contribution in [0.5, 0.6) is 5.88 Å². The molecule has 31 heavy (non-hydrogen) atoms. The van der Waals surface area contributed by atoms with Crippen LogP contribution in [0.2, 0.25) is 0 Å². The standard InChI is InChI=1S/C22H35N7O2/c1-15(2)21-26-22(31-27-21)28-8-4-17(5-9-28)16(3)7-11-30-20-13-24-19(12-25-20)29-10-6-18(23)14-29/h12-13,15-18H,4-11,14,23H2,1-3H3/t16-,18-/m1/s1. The van der Waals surface area contributed by atoms with Crippen molar-refractivity contribution in [1.29, 1.82) is 0 Å². The summed E-state index contributed by atoms with van der Waals surface area (Å²) >= 11 is 0. The average molecular weight is 430 g/mol. The minimum absolute atomic E-state index is 0.232. The second-order valence-corrected chi connectivity index (χ2v) is 9.24. The van der Waals surface area contributed by atoms with E-state index in [4.69, 9.17) is 15.0 Å². The van der Waals surface area contributed by atoms with Crippen LogP contribution in [0.15, 0.2) is 16.9 Å². The summed E-state index contributed by atoms with van der Waals surface area (Å²) in [4.78, 5) is 17.8. The fraction of sp³-hybridized carbons (Fsp3) is 0.727. The minimum Gasteiger partial charge on any atom is -0.477 e. The van der Waals surface area contributed by atoms with Gasteiger partial charge >= 0.3 is 6.01 Å². The van der Waals surface area contributed by atoms with Gasteiger partial charge in [0.15, 0.2) is 5.82 Å². The van der Waals surface area contributed by atoms with Crippen LogP contribution in [0.3, 0.4) is 0 Å². The van der Waals surface area contributed by atoms with Crippen LogP contribution >= 0.6 is 0 Å². The van der Waals surface area contributed by atoms with E-state index in [0.29, 0.717) is 30.3 Å². The first kappa shape index (κ1) is 21.8. The van der Waals surface area contributed by atoms with Gasteiger partial charge in [0.05, 0.1) is 19.0 Å². The van der Waals surface area contributed by atoms with Gasteiger partial charge in [-0.3, -0.25) is 0 Å². The second kappa shape index (κ2) is 9.80. The molecule has 2 aromatic rings. The van der Waals surface area contributed by atoms with E-state index in [1.54, 1.807) is 12.4 Å². The number of hydrogen-bond donors (Lipinski definition) is 1. The van der Waals surface area contributed by atoms with Crippen molar-refractivity contribution in [2.75, 3.05) is 42.6 Å². The Morgan fingerprint density at radius 1 is 1.10 bits per heavy atom. The molecule has 170 valence electrons. The van der Waals surface area contributed by atoms with Crippen LogP contribution < -0.4 is 20.3 Å². The van der Waals surface area contributed by atoms with Gasteiger partial charge in [-0.2, -0.15) is 4.98 Å². The number of hydrogen-bond acceptors (Lipinski definition) is 9. The highest BCUT2D eigenvalue weighted by Crippen LogP contribution is 2.29. The molecule has 2 N–H and O–H groups in total. The number of piperidine rings is 1. The Morgan fingerprint density at radius 3 is 2.48 bits per heavy atom. The van der Waals surface area contributed by atoms with E-state index in [9.17, 15) is 0 Å². The lowest BCUT2D eigenvalue weighted by atomic mass is 9.84. The third kappa shape index (κ3) is 5.44.